The van der Waals surface area contributed by atoms with Crippen molar-refractivity contribution in [3.63, 3.8) is 0 Å². The molecule has 1 aromatic rings. The van der Waals surface area contributed by atoms with Crippen LogP contribution in [0.25, 0.3) is 0 Å². The Morgan fingerprint density at radius 3 is 3.08 bits per heavy atom. The van der Waals surface area contributed by atoms with Crippen LogP contribution in [0.4, 0.5) is 0 Å². The van der Waals surface area contributed by atoms with Crippen molar-refractivity contribution in [3.05, 3.63) is 29.8 Å². The summed E-state index contributed by atoms with van der Waals surface area (Å²) < 4.78 is 6.73. The van der Waals surface area contributed by atoms with Crippen LogP contribution in [0.5, 0.6) is 0 Å². The molecule has 2 rings (SSSR count). The van der Waals surface area contributed by atoms with E-state index in [1.165, 1.54) is 0 Å². The number of ether oxygens (including phenoxy) is 1. The van der Waals surface area contributed by atoms with E-state index in [1.54, 1.807) is 17.1 Å². The van der Waals surface area contributed by atoms with Crippen LogP contribution in [0.3, 0.4) is 0 Å². The van der Waals surface area contributed by atoms with E-state index in [1.807, 2.05) is 13.1 Å². The highest BCUT2D eigenvalue weighted by atomic mass is 16.5. The molecule has 1 unspecified atom stereocenters. The predicted molar refractivity (Wildman–Crippen MR) is 46.8 cm³/mol. The zero-order valence-corrected chi connectivity index (χ0v) is 7.47. The van der Waals surface area contributed by atoms with Crippen molar-refractivity contribution in [2.75, 3.05) is 6.61 Å². The molecule has 1 aliphatic rings. The maximum absolute atomic E-state index is 9.88. The van der Waals surface area contributed by atoms with Gasteiger partial charge in [0.15, 0.2) is 0 Å². The van der Waals surface area contributed by atoms with Crippen molar-refractivity contribution in [2.45, 2.75) is 12.5 Å². The van der Waals surface area contributed by atoms with Gasteiger partial charge in [-0.2, -0.15) is 5.10 Å². The van der Waals surface area contributed by atoms with Gasteiger partial charge in [-0.15, -0.1) is 0 Å². The van der Waals surface area contributed by atoms with Gasteiger partial charge in [0, 0.05) is 25.2 Å². The van der Waals surface area contributed by atoms with E-state index in [-0.39, 0.29) is 0 Å². The maximum atomic E-state index is 9.88. The fraction of sp³-hybridized carbons (Fsp3) is 0.444. The summed E-state index contributed by atoms with van der Waals surface area (Å²) in [7, 11) is 1.81. The van der Waals surface area contributed by atoms with Crippen LogP contribution in [0.2, 0.25) is 0 Å². The lowest BCUT2D eigenvalue weighted by molar-refractivity contribution is 0.203. The summed E-state index contributed by atoms with van der Waals surface area (Å²) in [5, 5.41) is 13.9. The van der Waals surface area contributed by atoms with Crippen molar-refractivity contribution in [3.8, 4) is 0 Å². The number of nitrogens with zero attached hydrogens (tertiary/aromatic N) is 2. The van der Waals surface area contributed by atoms with Crippen LogP contribution in [-0.4, -0.2) is 21.5 Å². The molecule has 0 aliphatic carbocycles. The van der Waals surface area contributed by atoms with Crippen LogP contribution in [-0.2, 0) is 11.8 Å². The largest absolute Gasteiger partial charge is 0.501 e. The molecular weight excluding hydrogens is 168 g/mol. The van der Waals surface area contributed by atoms with E-state index < -0.39 is 6.10 Å². The Hall–Kier alpha value is -1.29. The van der Waals surface area contributed by atoms with Crippen LogP contribution in [0.15, 0.2) is 24.1 Å². The van der Waals surface area contributed by atoms with Gasteiger partial charge in [0.05, 0.1) is 18.6 Å². The van der Waals surface area contributed by atoms with Gasteiger partial charge in [-0.25, -0.2) is 0 Å². The van der Waals surface area contributed by atoms with E-state index >= 15 is 0 Å². The fourth-order valence-electron chi connectivity index (χ4n) is 1.45. The van der Waals surface area contributed by atoms with Crippen molar-refractivity contribution >= 4 is 0 Å². The zero-order valence-electron chi connectivity index (χ0n) is 7.47. The molecule has 1 N–H and O–H groups in total. The molecule has 0 saturated carbocycles. The Bertz CT molecular complexity index is 330. The summed E-state index contributed by atoms with van der Waals surface area (Å²) >= 11 is 0. The summed E-state index contributed by atoms with van der Waals surface area (Å²) in [5.74, 6) is 0. The highest BCUT2D eigenvalue weighted by Crippen LogP contribution is 2.26. The SMILES string of the molecule is Cn1nccc1C(O)C1=COCC1. The summed E-state index contributed by atoms with van der Waals surface area (Å²) in [4.78, 5) is 0. The lowest BCUT2D eigenvalue weighted by Crippen LogP contribution is -2.06. The number of aromatic nitrogens is 2. The van der Waals surface area contributed by atoms with E-state index in [9.17, 15) is 5.11 Å². The van der Waals surface area contributed by atoms with Crippen molar-refractivity contribution < 1.29 is 9.84 Å². The second-order valence-electron chi connectivity index (χ2n) is 3.10. The molecule has 2 heterocycles. The van der Waals surface area contributed by atoms with Gasteiger partial charge in [-0.3, -0.25) is 4.68 Å². The first kappa shape index (κ1) is 8.31. The first-order chi connectivity index (χ1) is 6.29. The van der Waals surface area contributed by atoms with Crippen LogP contribution in [0.1, 0.15) is 18.2 Å². The Balaban J connectivity index is 2.21. The van der Waals surface area contributed by atoms with Crippen molar-refractivity contribution in [1.29, 1.82) is 0 Å². The quantitative estimate of drug-likeness (QED) is 0.730. The first-order valence-electron chi connectivity index (χ1n) is 4.25. The molecule has 0 aromatic carbocycles. The molecule has 4 nitrogen and oxygen atoms in total. The first-order valence-corrected chi connectivity index (χ1v) is 4.25. The van der Waals surface area contributed by atoms with Crippen LogP contribution in [0, 0.1) is 0 Å². The summed E-state index contributed by atoms with van der Waals surface area (Å²) in [5.41, 5.74) is 1.72. The van der Waals surface area contributed by atoms with Crippen LogP contribution < -0.4 is 0 Å². The lowest BCUT2D eigenvalue weighted by Gasteiger charge is -2.10. The lowest BCUT2D eigenvalue weighted by atomic mass is 10.1. The third-order valence-corrected chi connectivity index (χ3v) is 2.23. The van der Waals surface area contributed by atoms with E-state index in [0.717, 1.165) is 17.7 Å². The minimum absolute atomic E-state index is 0.574. The number of hydrogen-bond acceptors (Lipinski definition) is 3. The number of rotatable bonds is 2. The molecule has 0 spiro atoms. The summed E-state index contributed by atoms with van der Waals surface area (Å²) in [6, 6.07) is 1.81. The summed E-state index contributed by atoms with van der Waals surface area (Å²) in [6.07, 6.45) is 3.54. The van der Waals surface area contributed by atoms with Gasteiger partial charge >= 0.3 is 0 Å². The maximum Gasteiger partial charge on any atom is 0.120 e. The van der Waals surface area contributed by atoms with E-state index in [0.29, 0.717) is 6.61 Å². The predicted octanol–water partition coefficient (Wildman–Crippen LogP) is 0.758. The molecule has 0 radical (unpaired) electrons. The number of aryl methyl sites for hydroxylation is 1. The Morgan fingerprint density at radius 2 is 2.54 bits per heavy atom. The number of aliphatic hydroxyl groups excluding tert-OH is 1. The number of hydrogen-bond donors (Lipinski definition) is 1. The molecule has 0 fully saturated rings. The standard InChI is InChI=1S/C9H12N2O2/c1-11-8(2-4-10-11)9(12)7-3-5-13-6-7/h2,4,6,9,12H,3,5H2,1H3. The Kier molecular flexibility index (Phi) is 2.06. The normalized spacial score (nSPS) is 18.2. The third-order valence-electron chi connectivity index (χ3n) is 2.23. The molecular formula is C9H12N2O2. The van der Waals surface area contributed by atoms with Gasteiger partial charge in [0.2, 0.25) is 0 Å². The van der Waals surface area contributed by atoms with Crippen molar-refractivity contribution in [1.82, 2.24) is 9.78 Å². The van der Waals surface area contributed by atoms with E-state index in [2.05, 4.69) is 5.10 Å². The zero-order chi connectivity index (χ0) is 9.26. The van der Waals surface area contributed by atoms with E-state index in [4.69, 9.17) is 4.74 Å². The molecule has 4 heteroatoms. The average molecular weight is 180 g/mol. The van der Waals surface area contributed by atoms with Gasteiger partial charge in [-0.1, -0.05) is 0 Å². The Labute approximate surface area is 76.4 Å². The Morgan fingerprint density at radius 1 is 1.69 bits per heavy atom. The van der Waals surface area contributed by atoms with Crippen LogP contribution >= 0.6 is 0 Å². The smallest absolute Gasteiger partial charge is 0.120 e. The van der Waals surface area contributed by atoms with Gasteiger partial charge in [0.25, 0.3) is 0 Å². The average Bonchev–Trinajstić information content (AvgIpc) is 2.72. The molecule has 1 aromatic heterocycles. The highest BCUT2D eigenvalue weighted by molar-refractivity contribution is 5.19. The second kappa shape index (κ2) is 3.22. The minimum atomic E-state index is -0.574. The third kappa shape index (κ3) is 1.45. The van der Waals surface area contributed by atoms with Crippen molar-refractivity contribution in [2.24, 2.45) is 7.05 Å². The van der Waals surface area contributed by atoms with Gasteiger partial charge in [0.1, 0.15) is 6.10 Å². The molecule has 1 atom stereocenters. The molecule has 0 amide bonds. The molecule has 13 heavy (non-hydrogen) atoms. The molecule has 0 bridgehead atoms. The molecule has 1 aliphatic heterocycles. The second-order valence-corrected chi connectivity index (χ2v) is 3.10. The monoisotopic (exact) mass is 180 g/mol. The van der Waals surface area contributed by atoms with Gasteiger partial charge in [-0.05, 0) is 6.07 Å². The summed E-state index contributed by atoms with van der Waals surface area (Å²) in [6.45, 7) is 0.671. The minimum Gasteiger partial charge on any atom is -0.501 e. The number of aliphatic hydroxyl groups is 1. The van der Waals surface area contributed by atoms with Gasteiger partial charge < -0.3 is 9.84 Å². The molecule has 70 valence electrons. The topological polar surface area (TPSA) is 47.3 Å². The highest BCUT2D eigenvalue weighted by Gasteiger charge is 2.19. The fourth-order valence-corrected chi connectivity index (χ4v) is 1.45. The molecule has 0 saturated heterocycles.